The van der Waals surface area contributed by atoms with Crippen LogP contribution in [0.15, 0.2) is 24.3 Å². The molecule has 1 saturated heterocycles. The van der Waals surface area contributed by atoms with Crippen LogP contribution in [-0.4, -0.2) is 36.1 Å². The molecule has 1 fully saturated rings. The van der Waals surface area contributed by atoms with Crippen LogP contribution in [0.3, 0.4) is 0 Å². The zero-order chi connectivity index (χ0) is 12.4. The maximum Gasteiger partial charge on any atom is 0.254 e. The maximum absolute atomic E-state index is 12.8. The molecule has 0 bridgehead atoms. The Morgan fingerprint density at radius 2 is 2.00 bits per heavy atom. The molecule has 0 saturated carbocycles. The lowest BCUT2D eigenvalue weighted by Gasteiger charge is -2.36. The number of halogens is 1. The molecule has 0 aliphatic carbocycles. The fourth-order valence-corrected chi connectivity index (χ4v) is 1.94. The Bertz CT molecular complexity index is 404. The number of carbonyl (C=O) groups is 1. The summed E-state index contributed by atoms with van der Waals surface area (Å²) in [6.07, 6.45) is 0.0515. The Hall–Kier alpha value is -1.42. The van der Waals surface area contributed by atoms with Gasteiger partial charge in [-0.15, -0.1) is 0 Å². The van der Waals surface area contributed by atoms with E-state index in [2.05, 4.69) is 0 Å². The van der Waals surface area contributed by atoms with Crippen molar-refractivity contribution < 1.29 is 13.9 Å². The number of carbonyl (C=O) groups excluding carboxylic acids is 1. The quantitative estimate of drug-likeness (QED) is 0.748. The van der Waals surface area contributed by atoms with Crippen LogP contribution in [0.5, 0.6) is 0 Å². The molecule has 1 aromatic carbocycles. The van der Waals surface area contributed by atoms with Crippen molar-refractivity contribution in [1.29, 1.82) is 0 Å². The van der Waals surface area contributed by atoms with Gasteiger partial charge < -0.3 is 9.64 Å². The van der Waals surface area contributed by atoms with Crippen molar-refractivity contribution in [2.45, 2.75) is 26.0 Å². The van der Waals surface area contributed by atoms with Crippen molar-refractivity contribution in [2.75, 3.05) is 13.2 Å². The average molecular weight is 237 g/mol. The Balaban J connectivity index is 2.15. The van der Waals surface area contributed by atoms with E-state index in [0.717, 1.165) is 0 Å². The van der Waals surface area contributed by atoms with Gasteiger partial charge in [0.05, 0.1) is 18.8 Å². The monoisotopic (exact) mass is 237 g/mol. The minimum absolute atomic E-state index is 0.0515. The molecule has 0 spiro atoms. The molecule has 1 aromatic rings. The van der Waals surface area contributed by atoms with Gasteiger partial charge in [-0.25, -0.2) is 4.39 Å². The maximum atomic E-state index is 12.8. The van der Waals surface area contributed by atoms with Crippen molar-refractivity contribution in [1.82, 2.24) is 4.90 Å². The molecule has 2 unspecified atom stereocenters. The number of amides is 1. The standard InChI is InChI=1S/C13H16FNO2/c1-9-8-17-10(2)7-15(9)13(16)11-3-5-12(14)6-4-11/h3-6,9-10H,7-8H2,1-2H3. The molecular weight excluding hydrogens is 221 g/mol. The van der Waals surface area contributed by atoms with Crippen molar-refractivity contribution in [3.8, 4) is 0 Å². The first-order valence-corrected chi connectivity index (χ1v) is 5.76. The van der Waals surface area contributed by atoms with Gasteiger partial charge in [-0.05, 0) is 38.1 Å². The zero-order valence-corrected chi connectivity index (χ0v) is 10.0. The highest BCUT2D eigenvalue weighted by molar-refractivity contribution is 5.94. The summed E-state index contributed by atoms with van der Waals surface area (Å²) in [6, 6.07) is 5.71. The zero-order valence-electron chi connectivity index (χ0n) is 10.0. The van der Waals surface area contributed by atoms with Crippen molar-refractivity contribution in [3.05, 3.63) is 35.6 Å². The highest BCUT2D eigenvalue weighted by Crippen LogP contribution is 2.15. The summed E-state index contributed by atoms with van der Waals surface area (Å²) in [4.78, 5) is 14.0. The van der Waals surface area contributed by atoms with Crippen LogP contribution in [0, 0.1) is 5.82 Å². The molecule has 2 rings (SSSR count). The SMILES string of the molecule is CC1CN(C(=O)c2ccc(F)cc2)C(C)CO1. The number of rotatable bonds is 1. The van der Waals surface area contributed by atoms with Gasteiger partial charge in [0.1, 0.15) is 5.82 Å². The number of benzene rings is 1. The Morgan fingerprint density at radius 3 is 2.65 bits per heavy atom. The van der Waals surface area contributed by atoms with E-state index < -0.39 is 0 Å². The van der Waals surface area contributed by atoms with Crippen LogP contribution in [0.25, 0.3) is 0 Å². The van der Waals surface area contributed by atoms with E-state index in [-0.39, 0.29) is 23.9 Å². The van der Waals surface area contributed by atoms with E-state index in [9.17, 15) is 9.18 Å². The first-order valence-electron chi connectivity index (χ1n) is 5.76. The molecule has 3 nitrogen and oxygen atoms in total. The van der Waals surface area contributed by atoms with Gasteiger partial charge in [-0.2, -0.15) is 0 Å². The molecule has 92 valence electrons. The van der Waals surface area contributed by atoms with Crippen molar-refractivity contribution >= 4 is 5.91 Å². The highest BCUT2D eigenvalue weighted by atomic mass is 19.1. The number of ether oxygens (including phenoxy) is 1. The normalized spacial score (nSPS) is 24.8. The molecule has 0 radical (unpaired) electrons. The van der Waals surface area contributed by atoms with Crippen molar-refractivity contribution in [3.63, 3.8) is 0 Å². The topological polar surface area (TPSA) is 29.5 Å². The second kappa shape index (κ2) is 4.84. The van der Waals surface area contributed by atoms with E-state index in [4.69, 9.17) is 4.74 Å². The van der Waals surface area contributed by atoms with Gasteiger partial charge in [0.15, 0.2) is 0 Å². The van der Waals surface area contributed by atoms with E-state index in [1.54, 1.807) is 4.90 Å². The minimum atomic E-state index is -0.329. The predicted molar refractivity (Wildman–Crippen MR) is 62.3 cm³/mol. The number of morpholine rings is 1. The van der Waals surface area contributed by atoms with Crippen molar-refractivity contribution in [2.24, 2.45) is 0 Å². The van der Waals surface area contributed by atoms with Gasteiger partial charge in [0.2, 0.25) is 0 Å². The van der Waals surface area contributed by atoms with E-state index in [1.807, 2.05) is 13.8 Å². The van der Waals surface area contributed by atoms with Crippen LogP contribution in [0.1, 0.15) is 24.2 Å². The lowest BCUT2D eigenvalue weighted by molar-refractivity contribution is -0.0387. The smallest absolute Gasteiger partial charge is 0.254 e. The number of hydrogen-bond donors (Lipinski definition) is 0. The fourth-order valence-electron chi connectivity index (χ4n) is 1.94. The molecule has 1 amide bonds. The second-order valence-corrected chi connectivity index (χ2v) is 4.46. The molecule has 1 aliphatic rings. The molecule has 0 N–H and O–H groups in total. The summed E-state index contributed by atoms with van der Waals surface area (Å²) in [6.45, 7) is 5.02. The summed E-state index contributed by atoms with van der Waals surface area (Å²) in [5.74, 6) is -0.391. The second-order valence-electron chi connectivity index (χ2n) is 4.46. The molecule has 0 aromatic heterocycles. The molecule has 1 heterocycles. The van der Waals surface area contributed by atoms with E-state index in [1.165, 1.54) is 24.3 Å². The highest BCUT2D eigenvalue weighted by Gasteiger charge is 2.28. The first-order chi connectivity index (χ1) is 8.08. The molecule has 1 aliphatic heterocycles. The molecule has 4 heteroatoms. The Morgan fingerprint density at radius 1 is 1.35 bits per heavy atom. The third-order valence-electron chi connectivity index (χ3n) is 2.96. The number of nitrogens with zero attached hydrogens (tertiary/aromatic N) is 1. The molecule has 17 heavy (non-hydrogen) atoms. The first kappa shape index (κ1) is 12.0. The lowest BCUT2D eigenvalue weighted by atomic mass is 10.1. The van der Waals surface area contributed by atoms with Gasteiger partial charge in [-0.3, -0.25) is 4.79 Å². The summed E-state index contributed by atoms with van der Waals surface area (Å²) < 4.78 is 18.3. The number of hydrogen-bond acceptors (Lipinski definition) is 2. The lowest BCUT2D eigenvalue weighted by Crippen LogP contribution is -2.50. The average Bonchev–Trinajstić information content (AvgIpc) is 2.32. The van der Waals surface area contributed by atoms with Crippen LogP contribution in [0.2, 0.25) is 0 Å². The van der Waals surface area contributed by atoms with E-state index in [0.29, 0.717) is 18.7 Å². The molecule has 2 atom stereocenters. The van der Waals surface area contributed by atoms with Gasteiger partial charge >= 0.3 is 0 Å². The summed E-state index contributed by atoms with van der Waals surface area (Å²) in [5, 5.41) is 0. The Kier molecular flexibility index (Phi) is 3.43. The summed E-state index contributed by atoms with van der Waals surface area (Å²) >= 11 is 0. The summed E-state index contributed by atoms with van der Waals surface area (Å²) in [7, 11) is 0. The Labute approximate surface area is 100 Å². The minimum Gasteiger partial charge on any atom is -0.375 e. The third kappa shape index (κ3) is 2.64. The predicted octanol–water partition coefficient (Wildman–Crippen LogP) is 2.08. The summed E-state index contributed by atoms with van der Waals surface area (Å²) in [5.41, 5.74) is 0.521. The fraction of sp³-hybridized carbons (Fsp3) is 0.462. The third-order valence-corrected chi connectivity index (χ3v) is 2.96. The molecular formula is C13H16FNO2. The van der Waals surface area contributed by atoms with Gasteiger partial charge in [0.25, 0.3) is 5.91 Å². The van der Waals surface area contributed by atoms with Crippen LogP contribution >= 0.6 is 0 Å². The van der Waals surface area contributed by atoms with Gasteiger partial charge in [0, 0.05) is 12.1 Å². The van der Waals surface area contributed by atoms with Crippen LogP contribution in [0.4, 0.5) is 4.39 Å². The van der Waals surface area contributed by atoms with Crippen LogP contribution in [-0.2, 0) is 4.74 Å². The van der Waals surface area contributed by atoms with Crippen LogP contribution < -0.4 is 0 Å². The van der Waals surface area contributed by atoms with E-state index >= 15 is 0 Å². The van der Waals surface area contributed by atoms with Gasteiger partial charge in [-0.1, -0.05) is 0 Å². The largest absolute Gasteiger partial charge is 0.375 e.